The van der Waals surface area contributed by atoms with Gasteiger partial charge in [-0.1, -0.05) is 23.2 Å². The van der Waals surface area contributed by atoms with Crippen LogP contribution < -0.4 is 11.5 Å². The van der Waals surface area contributed by atoms with Crippen molar-refractivity contribution in [2.75, 3.05) is 18.6 Å². The number of benzene rings is 1. The van der Waals surface area contributed by atoms with Crippen LogP contribution in [0, 0.1) is 0 Å². The molecule has 1 aromatic heterocycles. The Labute approximate surface area is 125 Å². The number of esters is 1. The number of hydrogen-bond acceptors (Lipinski definition) is 5. The summed E-state index contributed by atoms with van der Waals surface area (Å²) in [6.07, 6.45) is 0. The van der Waals surface area contributed by atoms with Gasteiger partial charge in [-0.15, -0.1) is 0 Å². The van der Waals surface area contributed by atoms with Crippen molar-refractivity contribution < 1.29 is 9.53 Å². The molecular weight excluding hydrogens is 301 g/mol. The number of rotatable bonds is 2. The predicted octanol–water partition coefficient (Wildman–Crippen LogP) is 3.01. The average Bonchev–Trinajstić information content (AvgIpc) is 2.44. The number of ether oxygens (including phenoxy) is 1. The number of carbonyl (C=O) groups excluding carboxylic acids is 1. The Kier molecular flexibility index (Phi) is 4.01. The van der Waals surface area contributed by atoms with E-state index in [2.05, 4.69) is 9.72 Å². The number of hydrogen-bond donors (Lipinski definition) is 2. The maximum atomic E-state index is 11.6. The molecule has 7 heteroatoms. The third kappa shape index (κ3) is 2.50. The number of anilines is 2. The van der Waals surface area contributed by atoms with Gasteiger partial charge in [0.15, 0.2) is 5.69 Å². The Balaban J connectivity index is 2.66. The first-order valence-corrected chi connectivity index (χ1v) is 6.30. The summed E-state index contributed by atoms with van der Waals surface area (Å²) in [4.78, 5) is 15.7. The topological polar surface area (TPSA) is 91.2 Å². The van der Waals surface area contributed by atoms with E-state index >= 15 is 0 Å². The van der Waals surface area contributed by atoms with Crippen LogP contribution >= 0.6 is 23.2 Å². The highest BCUT2D eigenvalue weighted by Crippen LogP contribution is 2.36. The quantitative estimate of drug-likeness (QED) is 0.657. The molecule has 0 aliphatic rings. The second-order valence-corrected chi connectivity index (χ2v) is 4.76. The third-order valence-electron chi connectivity index (χ3n) is 2.71. The highest BCUT2D eigenvalue weighted by atomic mass is 35.5. The maximum absolute atomic E-state index is 11.6. The fourth-order valence-corrected chi connectivity index (χ4v) is 2.06. The van der Waals surface area contributed by atoms with Crippen LogP contribution in [0.4, 0.5) is 11.4 Å². The lowest BCUT2D eigenvalue weighted by molar-refractivity contribution is 0.0594. The molecule has 1 aromatic carbocycles. The van der Waals surface area contributed by atoms with E-state index in [0.29, 0.717) is 22.0 Å². The first-order valence-electron chi connectivity index (χ1n) is 5.54. The lowest BCUT2D eigenvalue weighted by Gasteiger charge is -2.11. The smallest absolute Gasteiger partial charge is 0.358 e. The second-order valence-electron chi connectivity index (χ2n) is 3.94. The van der Waals surface area contributed by atoms with Gasteiger partial charge in [0.05, 0.1) is 28.5 Å². The molecule has 0 spiro atoms. The van der Waals surface area contributed by atoms with Crippen LogP contribution in [-0.2, 0) is 4.74 Å². The Morgan fingerprint density at radius 2 is 1.80 bits per heavy atom. The highest BCUT2D eigenvalue weighted by Gasteiger charge is 2.17. The summed E-state index contributed by atoms with van der Waals surface area (Å²) >= 11 is 11.9. The third-order valence-corrected chi connectivity index (χ3v) is 3.34. The number of pyridine rings is 1. The molecule has 0 unspecified atom stereocenters. The molecule has 5 nitrogen and oxygen atoms in total. The largest absolute Gasteiger partial charge is 0.464 e. The molecule has 2 aromatic rings. The summed E-state index contributed by atoms with van der Waals surface area (Å²) in [5.41, 5.74) is 13.3. The van der Waals surface area contributed by atoms with Crippen molar-refractivity contribution in [3.63, 3.8) is 0 Å². The molecule has 0 bridgehead atoms. The summed E-state index contributed by atoms with van der Waals surface area (Å²) < 4.78 is 4.62. The zero-order valence-corrected chi connectivity index (χ0v) is 12.0. The van der Waals surface area contributed by atoms with Gasteiger partial charge in [0.2, 0.25) is 0 Å². The molecule has 2 rings (SSSR count). The van der Waals surface area contributed by atoms with Gasteiger partial charge in [0.1, 0.15) is 0 Å². The first-order chi connectivity index (χ1) is 9.45. The number of nitrogens with two attached hydrogens (primary N) is 2. The fraction of sp³-hybridized carbons (Fsp3) is 0.0769. The second kappa shape index (κ2) is 5.56. The SMILES string of the molecule is COC(=O)c1nc(-c2c(N)ccc(Cl)c2N)ccc1Cl. The average molecular weight is 312 g/mol. The van der Waals surface area contributed by atoms with Crippen molar-refractivity contribution in [3.05, 3.63) is 40.0 Å². The van der Waals surface area contributed by atoms with Gasteiger partial charge >= 0.3 is 5.97 Å². The lowest BCUT2D eigenvalue weighted by Crippen LogP contribution is -2.07. The van der Waals surface area contributed by atoms with Crippen molar-refractivity contribution in [3.8, 4) is 11.3 Å². The number of methoxy groups -OCH3 is 1. The minimum absolute atomic E-state index is 0.00885. The highest BCUT2D eigenvalue weighted by molar-refractivity contribution is 6.34. The molecule has 0 saturated heterocycles. The van der Waals surface area contributed by atoms with Gasteiger partial charge in [-0.25, -0.2) is 9.78 Å². The minimum Gasteiger partial charge on any atom is -0.464 e. The van der Waals surface area contributed by atoms with E-state index in [0.717, 1.165) is 0 Å². The van der Waals surface area contributed by atoms with Crippen LogP contribution in [0.5, 0.6) is 0 Å². The summed E-state index contributed by atoms with van der Waals surface area (Å²) in [7, 11) is 1.25. The number of nitrogens with zero attached hydrogens (tertiary/aromatic N) is 1. The summed E-state index contributed by atoms with van der Waals surface area (Å²) in [5, 5.41) is 0.533. The molecule has 0 aliphatic carbocycles. The van der Waals surface area contributed by atoms with E-state index in [1.807, 2.05) is 0 Å². The minimum atomic E-state index is -0.643. The zero-order valence-electron chi connectivity index (χ0n) is 10.5. The summed E-state index contributed by atoms with van der Waals surface area (Å²) in [5.74, 6) is -0.643. The fourth-order valence-electron chi connectivity index (χ4n) is 1.72. The van der Waals surface area contributed by atoms with Crippen LogP contribution in [0.25, 0.3) is 11.3 Å². The molecule has 0 radical (unpaired) electrons. The van der Waals surface area contributed by atoms with Crippen LogP contribution in [0.2, 0.25) is 10.0 Å². The van der Waals surface area contributed by atoms with Crippen molar-refractivity contribution in [2.45, 2.75) is 0 Å². The Morgan fingerprint density at radius 1 is 1.15 bits per heavy atom. The van der Waals surface area contributed by atoms with Gasteiger partial charge in [-0.3, -0.25) is 0 Å². The normalized spacial score (nSPS) is 10.3. The molecular formula is C13H11Cl2N3O2. The van der Waals surface area contributed by atoms with Crippen molar-refractivity contribution in [1.29, 1.82) is 0 Å². The molecule has 0 amide bonds. The molecule has 20 heavy (non-hydrogen) atoms. The summed E-state index contributed by atoms with van der Waals surface area (Å²) in [6, 6.07) is 6.33. The van der Waals surface area contributed by atoms with Gasteiger partial charge < -0.3 is 16.2 Å². The Bertz CT molecular complexity index is 690. The zero-order chi connectivity index (χ0) is 14.9. The van der Waals surface area contributed by atoms with E-state index in [4.69, 9.17) is 34.7 Å². The first kappa shape index (κ1) is 14.4. The number of aromatic nitrogens is 1. The van der Waals surface area contributed by atoms with Crippen molar-refractivity contribution >= 4 is 40.5 Å². The van der Waals surface area contributed by atoms with Crippen LogP contribution in [0.3, 0.4) is 0 Å². The van der Waals surface area contributed by atoms with E-state index < -0.39 is 5.97 Å². The van der Waals surface area contributed by atoms with Gasteiger partial charge in [0.25, 0.3) is 0 Å². The summed E-state index contributed by atoms with van der Waals surface area (Å²) in [6.45, 7) is 0. The Hall–Kier alpha value is -1.98. The van der Waals surface area contributed by atoms with Crippen LogP contribution in [0.15, 0.2) is 24.3 Å². The van der Waals surface area contributed by atoms with Crippen LogP contribution in [-0.4, -0.2) is 18.1 Å². The molecule has 0 atom stereocenters. The van der Waals surface area contributed by atoms with Gasteiger partial charge in [-0.2, -0.15) is 0 Å². The maximum Gasteiger partial charge on any atom is 0.358 e. The van der Waals surface area contributed by atoms with E-state index in [1.165, 1.54) is 13.2 Å². The van der Waals surface area contributed by atoms with Crippen molar-refractivity contribution in [1.82, 2.24) is 4.98 Å². The van der Waals surface area contributed by atoms with Gasteiger partial charge in [0, 0.05) is 11.3 Å². The molecule has 4 N–H and O–H groups in total. The standard InChI is InChI=1S/C13H11Cl2N3O2/c1-20-13(19)12-7(15)3-5-9(18-12)10-8(16)4-2-6(14)11(10)17/h2-5H,16-17H2,1H3. The monoisotopic (exact) mass is 311 g/mol. The lowest BCUT2D eigenvalue weighted by atomic mass is 10.1. The number of nitrogen functional groups attached to an aromatic ring is 2. The van der Waals surface area contributed by atoms with Crippen molar-refractivity contribution in [2.24, 2.45) is 0 Å². The molecule has 104 valence electrons. The van der Waals surface area contributed by atoms with E-state index in [9.17, 15) is 4.79 Å². The Morgan fingerprint density at radius 3 is 2.45 bits per heavy atom. The predicted molar refractivity (Wildman–Crippen MR) is 79.9 cm³/mol. The number of carbonyl (C=O) groups is 1. The number of halogens is 2. The molecule has 0 fully saturated rings. The van der Waals surface area contributed by atoms with E-state index in [-0.39, 0.29) is 16.4 Å². The molecule has 0 saturated carbocycles. The molecule has 1 heterocycles. The van der Waals surface area contributed by atoms with Gasteiger partial charge in [-0.05, 0) is 24.3 Å². The van der Waals surface area contributed by atoms with E-state index in [1.54, 1.807) is 18.2 Å². The van der Waals surface area contributed by atoms with Crippen LogP contribution in [0.1, 0.15) is 10.5 Å². The molecule has 0 aliphatic heterocycles.